The molecule has 1 rings (SSSR count). The van der Waals surface area contributed by atoms with Crippen LogP contribution in [0.3, 0.4) is 0 Å². The van der Waals surface area contributed by atoms with Crippen LogP contribution >= 0.6 is 8.58 Å². The van der Waals surface area contributed by atoms with Crippen LogP contribution in [-0.4, -0.2) is 11.7 Å². The first-order valence-corrected chi connectivity index (χ1v) is 7.21. The minimum atomic E-state index is 0. The second kappa shape index (κ2) is 7.49. The van der Waals surface area contributed by atoms with Gasteiger partial charge in [0.05, 0.1) is 0 Å². The van der Waals surface area contributed by atoms with Crippen molar-refractivity contribution in [3.8, 4) is 0 Å². The molecule has 94 valence electrons. The van der Waals surface area contributed by atoms with Crippen LogP contribution in [-0.2, 0) is 0 Å². The van der Waals surface area contributed by atoms with Crippen LogP contribution < -0.4 is 18.9 Å². The third kappa shape index (κ3) is 4.24. The van der Waals surface area contributed by atoms with Gasteiger partial charge < -0.3 is 13.4 Å². The molecule has 0 atom stereocenters. The summed E-state index contributed by atoms with van der Waals surface area (Å²) in [6.45, 7) is 12.6. The summed E-state index contributed by atoms with van der Waals surface area (Å²) >= 11 is 0. The minimum Gasteiger partial charge on any atom is -0.459 e. The van der Waals surface area contributed by atoms with Crippen molar-refractivity contribution in [2.75, 3.05) is 6.16 Å². The maximum Gasteiger partial charge on any atom is 1.00 e. The Labute approximate surface area is 125 Å². The van der Waals surface area contributed by atoms with Gasteiger partial charge in [0.1, 0.15) is 0 Å². The summed E-state index contributed by atoms with van der Waals surface area (Å²) < 4.78 is 0. The molecule has 0 spiro atoms. The van der Waals surface area contributed by atoms with Gasteiger partial charge in [0.25, 0.3) is 0 Å². The summed E-state index contributed by atoms with van der Waals surface area (Å²) in [6, 6.07) is 2.13. The zero-order chi connectivity index (χ0) is 13.2. The Morgan fingerprint density at radius 2 is 1.67 bits per heavy atom. The van der Waals surface area contributed by atoms with E-state index < -0.39 is 0 Å². The minimum absolute atomic E-state index is 0. The molecular weight excluding hydrogens is 234 g/mol. The number of aryl methyl sites for hydroxylation is 2. The normalized spacial score (nSPS) is 11.1. The van der Waals surface area contributed by atoms with Crippen molar-refractivity contribution >= 4 is 14.1 Å². The van der Waals surface area contributed by atoms with Crippen LogP contribution in [0.2, 0.25) is 0 Å². The van der Waals surface area contributed by atoms with E-state index in [9.17, 15) is 4.79 Å². The van der Waals surface area contributed by atoms with E-state index in [0.717, 1.165) is 31.4 Å². The van der Waals surface area contributed by atoms with Gasteiger partial charge in [-0.15, -0.1) is 0 Å². The van der Waals surface area contributed by atoms with Crippen LogP contribution in [0.1, 0.15) is 46.5 Å². The van der Waals surface area contributed by atoms with Crippen molar-refractivity contribution in [1.29, 1.82) is 0 Å². The predicted octanol–water partition coefficient (Wildman–Crippen LogP) is 1.67. The van der Waals surface area contributed by atoms with E-state index in [4.69, 9.17) is 0 Å². The molecule has 0 radical (unpaired) electrons. The molecule has 1 aromatic carbocycles. The Kier molecular flexibility index (Phi) is 7.46. The fourth-order valence-electron chi connectivity index (χ4n) is 1.96. The van der Waals surface area contributed by atoms with Gasteiger partial charge in [-0.3, -0.25) is 0 Å². The molecule has 0 unspecified atom stereocenters. The van der Waals surface area contributed by atoms with Gasteiger partial charge in [-0.1, -0.05) is 25.8 Å². The molecule has 18 heavy (non-hydrogen) atoms. The standard InChI is InChI=1S/C15H22OP.Li/c1-9(2)8-17-15(16)14-11(4)7-10(3)12(5)13(14)6;/h7,9H,8H2,1-6H3;/q-1;+1. The molecule has 0 fully saturated rings. The summed E-state index contributed by atoms with van der Waals surface area (Å²) in [4.78, 5) is 12.2. The molecule has 0 aliphatic carbocycles. The van der Waals surface area contributed by atoms with E-state index in [0.29, 0.717) is 5.92 Å². The van der Waals surface area contributed by atoms with Crippen LogP contribution in [0.4, 0.5) is 0 Å². The maximum atomic E-state index is 12.2. The molecule has 0 aliphatic heterocycles. The number of benzene rings is 1. The Morgan fingerprint density at radius 3 is 2.17 bits per heavy atom. The van der Waals surface area contributed by atoms with Crippen LogP contribution in [0.25, 0.3) is 0 Å². The van der Waals surface area contributed by atoms with Crippen molar-refractivity contribution in [1.82, 2.24) is 0 Å². The molecule has 0 saturated heterocycles. The number of carbonyl (C=O) groups is 1. The molecule has 3 heteroatoms. The molecule has 0 bridgehead atoms. The first-order valence-electron chi connectivity index (χ1n) is 6.13. The third-order valence-electron chi connectivity index (χ3n) is 3.17. The van der Waals surface area contributed by atoms with E-state index in [2.05, 4.69) is 40.7 Å². The van der Waals surface area contributed by atoms with Crippen LogP contribution in [0, 0.1) is 33.6 Å². The summed E-state index contributed by atoms with van der Waals surface area (Å²) in [6.07, 6.45) is 0.949. The maximum absolute atomic E-state index is 12.2. The van der Waals surface area contributed by atoms with E-state index in [1.54, 1.807) is 0 Å². The van der Waals surface area contributed by atoms with E-state index >= 15 is 0 Å². The fourth-order valence-corrected chi connectivity index (χ4v) is 2.99. The average Bonchev–Trinajstić information content (AvgIpc) is 2.23. The molecule has 0 heterocycles. The number of hydrogen-bond acceptors (Lipinski definition) is 1. The first-order chi connectivity index (χ1) is 7.84. The number of hydrogen-bond donors (Lipinski definition) is 0. The third-order valence-corrected chi connectivity index (χ3v) is 4.59. The topological polar surface area (TPSA) is 17.1 Å². The molecular formula is C15H22LiOP. The van der Waals surface area contributed by atoms with Gasteiger partial charge in [-0.05, 0) is 55.5 Å². The first kappa shape index (κ1) is 17.9. The van der Waals surface area contributed by atoms with Crippen LogP contribution in [0.5, 0.6) is 0 Å². The molecule has 1 nitrogen and oxygen atoms in total. The van der Waals surface area contributed by atoms with Gasteiger partial charge in [0.2, 0.25) is 0 Å². The van der Waals surface area contributed by atoms with Crippen molar-refractivity contribution in [2.45, 2.75) is 41.5 Å². The van der Waals surface area contributed by atoms with Gasteiger partial charge >= 0.3 is 18.9 Å². The van der Waals surface area contributed by atoms with Gasteiger partial charge in [0, 0.05) is 5.52 Å². The molecule has 1 aromatic rings. The number of carbonyl (C=O) groups excluding carboxylic acids is 1. The van der Waals surface area contributed by atoms with E-state index in [1.807, 2.05) is 6.92 Å². The molecule has 0 N–H and O–H groups in total. The molecule has 0 saturated carbocycles. The zero-order valence-corrected chi connectivity index (χ0v) is 13.6. The van der Waals surface area contributed by atoms with E-state index in [1.165, 1.54) is 11.1 Å². The molecule has 0 aromatic heterocycles. The zero-order valence-electron chi connectivity index (χ0n) is 12.7. The van der Waals surface area contributed by atoms with Gasteiger partial charge in [-0.2, -0.15) is 6.16 Å². The van der Waals surface area contributed by atoms with Crippen molar-refractivity contribution in [2.24, 2.45) is 5.92 Å². The summed E-state index contributed by atoms with van der Waals surface area (Å²) in [5.41, 5.74) is 6.01. The fraction of sp³-hybridized carbons (Fsp3) is 0.533. The Balaban J connectivity index is 0.00000289. The number of rotatable bonds is 4. The smallest absolute Gasteiger partial charge is 0.459 e. The Morgan fingerprint density at radius 1 is 1.11 bits per heavy atom. The second-order valence-electron chi connectivity index (χ2n) is 5.18. The molecule has 0 amide bonds. The SMILES string of the molecule is Cc1cc(C)c(C(=O)[P-]CC(C)C)c(C)c1C.[Li+]. The van der Waals surface area contributed by atoms with Crippen molar-refractivity contribution in [3.63, 3.8) is 0 Å². The van der Waals surface area contributed by atoms with E-state index in [-0.39, 0.29) is 24.4 Å². The Bertz CT molecular complexity index is 439. The van der Waals surface area contributed by atoms with Gasteiger partial charge in [0.15, 0.2) is 0 Å². The predicted molar refractivity (Wildman–Crippen MR) is 76.3 cm³/mol. The van der Waals surface area contributed by atoms with Gasteiger partial charge in [-0.25, -0.2) is 0 Å². The quantitative estimate of drug-likeness (QED) is 0.591. The van der Waals surface area contributed by atoms with Crippen molar-refractivity contribution in [3.05, 3.63) is 33.9 Å². The molecule has 0 aliphatic rings. The summed E-state index contributed by atoms with van der Waals surface area (Å²) in [7, 11) is 0.926. The van der Waals surface area contributed by atoms with Crippen molar-refractivity contribution < 1.29 is 23.7 Å². The summed E-state index contributed by atoms with van der Waals surface area (Å²) in [5.74, 6) is 0.577. The summed E-state index contributed by atoms with van der Waals surface area (Å²) in [5, 5.41) is 0. The second-order valence-corrected chi connectivity index (χ2v) is 6.26. The largest absolute Gasteiger partial charge is 1.00 e. The monoisotopic (exact) mass is 256 g/mol. The Hall–Kier alpha value is -0.0826. The average molecular weight is 256 g/mol. The van der Waals surface area contributed by atoms with Crippen LogP contribution in [0.15, 0.2) is 6.07 Å².